The molecule has 2 amide bonds. The summed E-state index contributed by atoms with van der Waals surface area (Å²) in [7, 11) is 0. The van der Waals surface area contributed by atoms with E-state index >= 15 is 0 Å². The molecule has 23 heavy (non-hydrogen) atoms. The minimum Gasteiger partial charge on any atom is -0.386 e. The van der Waals surface area contributed by atoms with Gasteiger partial charge < -0.3 is 15.7 Å². The molecule has 4 nitrogen and oxygen atoms in total. The number of aliphatic hydroxyl groups is 1. The maximum Gasteiger partial charge on any atom is 0.319 e. The summed E-state index contributed by atoms with van der Waals surface area (Å²) in [6.07, 6.45) is -1.32. The van der Waals surface area contributed by atoms with Crippen molar-refractivity contribution in [3.8, 4) is 0 Å². The van der Waals surface area contributed by atoms with Crippen molar-refractivity contribution < 1.29 is 18.7 Å². The van der Waals surface area contributed by atoms with Gasteiger partial charge in [-0.3, -0.25) is 0 Å². The third kappa shape index (κ3) is 5.06. The van der Waals surface area contributed by atoms with Crippen molar-refractivity contribution in [3.05, 3.63) is 63.6 Å². The predicted octanol–water partition coefficient (Wildman–Crippen LogP) is 4.13. The van der Waals surface area contributed by atoms with Crippen LogP contribution in [-0.2, 0) is 0 Å². The highest BCUT2D eigenvalue weighted by Gasteiger charge is 2.14. The van der Waals surface area contributed by atoms with Crippen LogP contribution < -0.4 is 10.6 Å². The summed E-state index contributed by atoms with van der Waals surface area (Å²) in [5, 5.41) is 15.4. The van der Waals surface area contributed by atoms with Gasteiger partial charge in [-0.15, -0.1) is 0 Å². The van der Waals surface area contributed by atoms with E-state index in [4.69, 9.17) is 23.2 Å². The average molecular weight is 361 g/mol. The van der Waals surface area contributed by atoms with Crippen molar-refractivity contribution in [2.75, 3.05) is 11.9 Å². The minimum atomic E-state index is -1.32. The standard InChI is InChI=1S/C15H12Cl2F2N2O2/c16-8-3-9(17)5-11(4-8)21-15(23)20-7-14(22)12-2-1-10(18)6-13(12)19/h1-6,14,22H,7H2,(H2,20,21,23)/t14-/m0/s1. The Morgan fingerprint density at radius 1 is 1.13 bits per heavy atom. The number of nitrogens with one attached hydrogen (secondary N) is 2. The van der Waals surface area contributed by atoms with Crippen LogP contribution in [-0.4, -0.2) is 17.7 Å². The predicted molar refractivity (Wildman–Crippen MR) is 84.8 cm³/mol. The van der Waals surface area contributed by atoms with E-state index in [9.17, 15) is 18.7 Å². The Balaban J connectivity index is 1.93. The van der Waals surface area contributed by atoms with E-state index in [0.717, 1.165) is 12.1 Å². The summed E-state index contributed by atoms with van der Waals surface area (Å²) in [4.78, 5) is 11.7. The maximum atomic E-state index is 13.5. The Labute approximate surface area is 141 Å². The molecule has 0 spiro atoms. The van der Waals surface area contributed by atoms with Crippen LogP contribution in [0.4, 0.5) is 19.3 Å². The Hall–Kier alpha value is -1.89. The van der Waals surface area contributed by atoms with Gasteiger partial charge in [-0.05, 0) is 24.3 Å². The number of halogens is 4. The lowest BCUT2D eigenvalue weighted by Gasteiger charge is -2.14. The number of anilines is 1. The number of hydrogen-bond acceptors (Lipinski definition) is 2. The van der Waals surface area contributed by atoms with Gasteiger partial charge in [-0.2, -0.15) is 0 Å². The van der Waals surface area contributed by atoms with Gasteiger partial charge in [0.15, 0.2) is 0 Å². The molecule has 0 unspecified atom stereocenters. The molecule has 1 atom stereocenters. The van der Waals surface area contributed by atoms with Crippen LogP contribution in [0.2, 0.25) is 10.0 Å². The fraction of sp³-hybridized carbons (Fsp3) is 0.133. The lowest BCUT2D eigenvalue weighted by molar-refractivity contribution is 0.170. The maximum absolute atomic E-state index is 13.5. The van der Waals surface area contributed by atoms with E-state index in [1.807, 2.05) is 0 Å². The number of hydrogen-bond donors (Lipinski definition) is 3. The molecule has 0 aliphatic heterocycles. The molecule has 0 radical (unpaired) electrons. The highest BCUT2D eigenvalue weighted by atomic mass is 35.5. The van der Waals surface area contributed by atoms with Crippen molar-refractivity contribution in [2.45, 2.75) is 6.10 Å². The molecular weight excluding hydrogens is 349 g/mol. The van der Waals surface area contributed by atoms with E-state index in [1.165, 1.54) is 18.2 Å². The van der Waals surface area contributed by atoms with Crippen LogP contribution in [0.25, 0.3) is 0 Å². The first-order valence-corrected chi connectivity index (χ1v) is 7.24. The molecule has 0 heterocycles. The lowest BCUT2D eigenvalue weighted by atomic mass is 10.1. The molecule has 0 bridgehead atoms. The average Bonchev–Trinajstić information content (AvgIpc) is 2.43. The highest BCUT2D eigenvalue weighted by Crippen LogP contribution is 2.22. The van der Waals surface area contributed by atoms with Crippen LogP contribution in [0.15, 0.2) is 36.4 Å². The fourth-order valence-electron chi connectivity index (χ4n) is 1.87. The van der Waals surface area contributed by atoms with Gasteiger partial charge >= 0.3 is 6.03 Å². The Morgan fingerprint density at radius 2 is 1.78 bits per heavy atom. The molecular formula is C15H12Cl2F2N2O2. The third-order valence-electron chi connectivity index (χ3n) is 2.90. The number of amides is 2. The second-order valence-electron chi connectivity index (χ2n) is 4.67. The first-order chi connectivity index (χ1) is 10.8. The molecule has 0 aliphatic rings. The summed E-state index contributed by atoms with van der Waals surface area (Å²) < 4.78 is 26.3. The van der Waals surface area contributed by atoms with Gasteiger partial charge in [0.1, 0.15) is 11.6 Å². The fourth-order valence-corrected chi connectivity index (χ4v) is 2.40. The number of carbonyl (C=O) groups excluding carboxylic acids is 1. The molecule has 0 saturated carbocycles. The first kappa shape index (κ1) is 17.5. The first-order valence-electron chi connectivity index (χ1n) is 6.49. The van der Waals surface area contributed by atoms with Crippen LogP contribution in [0.5, 0.6) is 0 Å². The molecule has 122 valence electrons. The Morgan fingerprint density at radius 3 is 2.39 bits per heavy atom. The summed E-state index contributed by atoms with van der Waals surface area (Å²) in [5.74, 6) is -1.64. The van der Waals surface area contributed by atoms with Crippen molar-refractivity contribution in [3.63, 3.8) is 0 Å². The molecule has 8 heteroatoms. The summed E-state index contributed by atoms with van der Waals surface area (Å²) in [6, 6.07) is 6.65. The number of carbonyl (C=O) groups is 1. The van der Waals surface area contributed by atoms with Crippen molar-refractivity contribution in [2.24, 2.45) is 0 Å². The monoisotopic (exact) mass is 360 g/mol. The van der Waals surface area contributed by atoms with Crippen molar-refractivity contribution in [1.82, 2.24) is 5.32 Å². The van der Waals surface area contributed by atoms with Crippen molar-refractivity contribution >= 4 is 34.9 Å². The number of benzene rings is 2. The normalized spacial score (nSPS) is 11.9. The second kappa shape index (κ2) is 7.59. The quantitative estimate of drug-likeness (QED) is 0.767. The van der Waals surface area contributed by atoms with Gasteiger partial charge in [0, 0.05) is 33.9 Å². The molecule has 0 saturated heterocycles. The Bertz CT molecular complexity index is 708. The number of urea groups is 1. The summed E-state index contributed by atoms with van der Waals surface area (Å²) in [6.45, 7) is -0.261. The minimum absolute atomic E-state index is 0.113. The van der Waals surface area contributed by atoms with Crippen LogP contribution in [0.3, 0.4) is 0 Å². The van der Waals surface area contributed by atoms with Gasteiger partial charge in [-0.1, -0.05) is 29.3 Å². The zero-order valence-corrected chi connectivity index (χ0v) is 13.1. The SMILES string of the molecule is O=C(NC[C@H](O)c1ccc(F)cc1F)Nc1cc(Cl)cc(Cl)c1. The lowest BCUT2D eigenvalue weighted by Crippen LogP contribution is -2.32. The molecule has 3 N–H and O–H groups in total. The molecule has 0 aromatic heterocycles. The largest absolute Gasteiger partial charge is 0.386 e. The number of rotatable bonds is 4. The zero-order chi connectivity index (χ0) is 17.0. The van der Waals surface area contributed by atoms with E-state index in [-0.39, 0.29) is 12.1 Å². The van der Waals surface area contributed by atoms with Gasteiger partial charge in [0.2, 0.25) is 0 Å². The van der Waals surface area contributed by atoms with Gasteiger partial charge in [-0.25, -0.2) is 13.6 Å². The number of aliphatic hydroxyl groups excluding tert-OH is 1. The highest BCUT2D eigenvalue weighted by molar-refractivity contribution is 6.35. The smallest absolute Gasteiger partial charge is 0.319 e. The topological polar surface area (TPSA) is 61.4 Å². The molecule has 2 aromatic rings. The molecule has 2 rings (SSSR count). The van der Waals surface area contributed by atoms with Gasteiger partial charge in [0.05, 0.1) is 6.10 Å². The van der Waals surface area contributed by atoms with E-state index < -0.39 is 23.8 Å². The van der Waals surface area contributed by atoms with Crippen LogP contribution >= 0.6 is 23.2 Å². The third-order valence-corrected chi connectivity index (χ3v) is 3.33. The molecule has 0 fully saturated rings. The van der Waals surface area contributed by atoms with Crippen LogP contribution in [0.1, 0.15) is 11.7 Å². The van der Waals surface area contributed by atoms with E-state index in [0.29, 0.717) is 21.8 Å². The molecule has 0 aliphatic carbocycles. The zero-order valence-electron chi connectivity index (χ0n) is 11.6. The van der Waals surface area contributed by atoms with E-state index in [1.54, 1.807) is 0 Å². The summed E-state index contributed by atoms with van der Waals surface area (Å²) >= 11 is 11.6. The van der Waals surface area contributed by atoms with E-state index in [2.05, 4.69) is 10.6 Å². The van der Waals surface area contributed by atoms with Crippen LogP contribution in [0, 0.1) is 11.6 Å². The molecule has 2 aromatic carbocycles. The van der Waals surface area contributed by atoms with Crippen molar-refractivity contribution in [1.29, 1.82) is 0 Å². The summed E-state index contributed by atoms with van der Waals surface area (Å²) in [5.41, 5.74) is 0.250. The Kier molecular flexibility index (Phi) is 5.76. The van der Waals surface area contributed by atoms with Gasteiger partial charge in [0.25, 0.3) is 0 Å². The second-order valence-corrected chi connectivity index (χ2v) is 5.55.